The lowest BCUT2D eigenvalue weighted by molar-refractivity contribution is 0.122. The van der Waals surface area contributed by atoms with Crippen molar-refractivity contribution in [3.8, 4) is 0 Å². The number of aromatic nitrogens is 2. The van der Waals surface area contributed by atoms with Crippen LogP contribution in [0.4, 0.5) is 15.9 Å². The lowest BCUT2D eigenvalue weighted by Crippen LogP contribution is -2.36. The molecule has 1 aliphatic heterocycles. The predicted molar refractivity (Wildman–Crippen MR) is 95.1 cm³/mol. The third kappa shape index (κ3) is 4.87. The van der Waals surface area contributed by atoms with E-state index < -0.39 is 15.8 Å². The van der Waals surface area contributed by atoms with Gasteiger partial charge in [0.05, 0.1) is 30.0 Å². The molecule has 2 aromatic rings. The maximum absolute atomic E-state index is 13.2. The van der Waals surface area contributed by atoms with E-state index in [4.69, 9.17) is 4.74 Å². The first-order valence-electron chi connectivity index (χ1n) is 8.19. The number of anilines is 2. The van der Waals surface area contributed by atoms with Gasteiger partial charge in [0.25, 0.3) is 0 Å². The molecule has 0 bridgehead atoms. The minimum atomic E-state index is -3.75. The molecule has 1 aliphatic rings. The molecule has 0 aliphatic carbocycles. The standard InChI is InChI=1S/C16H20FN5O3S/c17-13-2-1-3-15(10-13)26(23,24)20-5-4-18-16-11-14(12-19-21-16)22-6-8-25-9-7-22/h1-3,10-12,20H,4-9H2,(H,18,21). The third-order valence-corrected chi connectivity index (χ3v) is 5.30. The van der Waals surface area contributed by atoms with Crippen molar-refractivity contribution in [3.63, 3.8) is 0 Å². The van der Waals surface area contributed by atoms with Crippen LogP contribution in [0.25, 0.3) is 0 Å². The quantitative estimate of drug-likeness (QED) is 0.686. The van der Waals surface area contributed by atoms with E-state index in [1.165, 1.54) is 18.2 Å². The first-order chi connectivity index (χ1) is 12.5. The normalized spacial score (nSPS) is 15.0. The van der Waals surface area contributed by atoms with Crippen molar-refractivity contribution >= 4 is 21.5 Å². The number of nitrogens with zero attached hydrogens (tertiary/aromatic N) is 3. The Hall–Kier alpha value is -2.30. The summed E-state index contributed by atoms with van der Waals surface area (Å²) in [5.41, 5.74) is 0.936. The minimum absolute atomic E-state index is 0.105. The summed E-state index contributed by atoms with van der Waals surface area (Å²) in [6.45, 7) is 3.37. The second-order valence-electron chi connectivity index (χ2n) is 5.68. The SMILES string of the molecule is O=S(=O)(NCCNc1cc(N2CCOCC2)cnn1)c1cccc(F)c1. The van der Waals surface area contributed by atoms with Gasteiger partial charge in [0.1, 0.15) is 5.82 Å². The summed E-state index contributed by atoms with van der Waals surface area (Å²) in [4.78, 5) is 2.04. The van der Waals surface area contributed by atoms with Crippen LogP contribution in [0.1, 0.15) is 0 Å². The summed E-state index contributed by atoms with van der Waals surface area (Å²) in [6, 6.07) is 6.73. The van der Waals surface area contributed by atoms with Crippen molar-refractivity contribution in [2.75, 3.05) is 49.6 Å². The Morgan fingerprint density at radius 1 is 1.19 bits per heavy atom. The van der Waals surface area contributed by atoms with Crippen LogP contribution >= 0.6 is 0 Å². The minimum Gasteiger partial charge on any atom is -0.378 e. The van der Waals surface area contributed by atoms with Gasteiger partial charge in [0, 0.05) is 32.2 Å². The molecule has 2 heterocycles. The van der Waals surface area contributed by atoms with Gasteiger partial charge in [-0.1, -0.05) is 6.07 Å². The molecule has 8 nitrogen and oxygen atoms in total. The molecule has 0 unspecified atom stereocenters. The van der Waals surface area contributed by atoms with Crippen molar-refractivity contribution in [1.29, 1.82) is 0 Å². The van der Waals surface area contributed by atoms with Crippen molar-refractivity contribution in [1.82, 2.24) is 14.9 Å². The average molecular weight is 381 g/mol. The summed E-state index contributed by atoms with van der Waals surface area (Å²) in [5, 5.41) is 11.0. The lowest BCUT2D eigenvalue weighted by Gasteiger charge is -2.28. The van der Waals surface area contributed by atoms with E-state index in [9.17, 15) is 12.8 Å². The van der Waals surface area contributed by atoms with E-state index in [-0.39, 0.29) is 11.4 Å². The van der Waals surface area contributed by atoms with Gasteiger partial charge in [-0.15, -0.1) is 5.10 Å². The fraction of sp³-hybridized carbons (Fsp3) is 0.375. The highest BCUT2D eigenvalue weighted by molar-refractivity contribution is 7.89. The Bertz CT molecular complexity index is 843. The van der Waals surface area contributed by atoms with Crippen LogP contribution in [-0.4, -0.2) is 58.0 Å². The molecular formula is C16H20FN5O3S. The molecule has 1 fully saturated rings. The molecule has 26 heavy (non-hydrogen) atoms. The molecule has 0 spiro atoms. The monoisotopic (exact) mass is 381 g/mol. The molecule has 0 saturated carbocycles. The van der Waals surface area contributed by atoms with Gasteiger partial charge in [-0.25, -0.2) is 17.5 Å². The maximum atomic E-state index is 13.2. The van der Waals surface area contributed by atoms with Crippen LogP contribution in [0, 0.1) is 5.82 Å². The van der Waals surface area contributed by atoms with Gasteiger partial charge < -0.3 is 15.0 Å². The lowest BCUT2D eigenvalue weighted by atomic mass is 10.3. The Morgan fingerprint density at radius 3 is 2.77 bits per heavy atom. The summed E-state index contributed by atoms with van der Waals surface area (Å²) in [5.74, 6) is -0.0415. The number of nitrogens with one attached hydrogen (secondary N) is 2. The molecule has 0 atom stereocenters. The Kier molecular flexibility index (Phi) is 5.96. The highest BCUT2D eigenvalue weighted by Gasteiger charge is 2.14. The zero-order valence-electron chi connectivity index (χ0n) is 14.1. The summed E-state index contributed by atoms with van der Waals surface area (Å²) in [6.07, 6.45) is 1.68. The van der Waals surface area contributed by atoms with E-state index in [0.29, 0.717) is 25.6 Å². The first-order valence-corrected chi connectivity index (χ1v) is 9.67. The van der Waals surface area contributed by atoms with E-state index in [1.54, 1.807) is 6.20 Å². The fourth-order valence-electron chi connectivity index (χ4n) is 2.53. The van der Waals surface area contributed by atoms with E-state index in [1.807, 2.05) is 6.07 Å². The van der Waals surface area contributed by atoms with Crippen LogP contribution in [0.2, 0.25) is 0 Å². The third-order valence-electron chi connectivity index (χ3n) is 3.85. The molecular weight excluding hydrogens is 361 g/mol. The molecule has 1 saturated heterocycles. The predicted octanol–water partition coefficient (Wildman–Crippen LogP) is 0.843. The summed E-state index contributed by atoms with van der Waals surface area (Å²) < 4.78 is 45.1. The fourth-order valence-corrected chi connectivity index (χ4v) is 3.59. The van der Waals surface area contributed by atoms with E-state index >= 15 is 0 Å². The molecule has 0 amide bonds. The number of rotatable bonds is 7. The van der Waals surface area contributed by atoms with Gasteiger partial charge in [-0.2, -0.15) is 5.10 Å². The van der Waals surface area contributed by atoms with Crippen molar-refractivity contribution in [3.05, 3.63) is 42.3 Å². The topological polar surface area (TPSA) is 96.5 Å². The molecule has 2 N–H and O–H groups in total. The van der Waals surface area contributed by atoms with Crippen molar-refractivity contribution in [2.24, 2.45) is 0 Å². The highest BCUT2D eigenvalue weighted by atomic mass is 32.2. The van der Waals surface area contributed by atoms with Gasteiger partial charge >= 0.3 is 0 Å². The van der Waals surface area contributed by atoms with Gasteiger partial charge in [-0.3, -0.25) is 0 Å². The number of benzene rings is 1. The maximum Gasteiger partial charge on any atom is 0.240 e. The van der Waals surface area contributed by atoms with Gasteiger partial charge in [0.15, 0.2) is 5.82 Å². The molecule has 1 aromatic heterocycles. The van der Waals surface area contributed by atoms with E-state index in [0.717, 1.165) is 24.8 Å². The van der Waals surface area contributed by atoms with Crippen LogP contribution < -0.4 is 14.9 Å². The van der Waals surface area contributed by atoms with Crippen LogP contribution in [-0.2, 0) is 14.8 Å². The smallest absolute Gasteiger partial charge is 0.240 e. The number of hydrogen-bond acceptors (Lipinski definition) is 7. The van der Waals surface area contributed by atoms with Crippen LogP contribution in [0.5, 0.6) is 0 Å². The van der Waals surface area contributed by atoms with Gasteiger partial charge in [-0.05, 0) is 18.2 Å². The first kappa shape index (κ1) is 18.5. The molecule has 10 heteroatoms. The number of sulfonamides is 1. The van der Waals surface area contributed by atoms with Crippen molar-refractivity contribution in [2.45, 2.75) is 4.90 Å². The Labute approximate surface area is 151 Å². The second kappa shape index (κ2) is 8.39. The molecule has 140 valence electrons. The van der Waals surface area contributed by atoms with Gasteiger partial charge in [0.2, 0.25) is 10.0 Å². The summed E-state index contributed by atoms with van der Waals surface area (Å²) >= 11 is 0. The number of hydrogen-bond donors (Lipinski definition) is 2. The number of halogens is 1. The van der Waals surface area contributed by atoms with Crippen LogP contribution in [0.3, 0.4) is 0 Å². The van der Waals surface area contributed by atoms with Crippen molar-refractivity contribution < 1.29 is 17.5 Å². The molecule has 3 rings (SSSR count). The Balaban J connectivity index is 1.52. The average Bonchev–Trinajstić information content (AvgIpc) is 2.66. The molecule has 0 radical (unpaired) electrons. The van der Waals surface area contributed by atoms with E-state index in [2.05, 4.69) is 25.1 Å². The zero-order valence-corrected chi connectivity index (χ0v) is 14.9. The Morgan fingerprint density at radius 2 is 2.00 bits per heavy atom. The molecule has 1 aromatic carbocycles. The summed E-state index contributed by atoms with van der Waals surface area (Å²) in [7, 11) is -3.75. The zero-order chi connectivity index (χ0) is 18.4. The second-order valence-corrected chi connectivity index (χ2v) is 7.45. The number of ether oxygens (including phenoxy) is 1. The number of morpholine rings is 1. The van der Waals surface area contributed by atoms with Crippen LogP contribution in [0.15, 0.2) is 41.4 Å². The highest BCUT2D eigenvalue weighted by Crippen LogP contribution is 2.17. The largest absolute Gasteiger partial charge is 0.378 e.